The minimum atomic E-state index is 0.514. The minimum absolute atomic E-state index is 0.514. The largest absolute Gasteiger partial charge is 0.467 e. The molecule has 4 heterocycles. The first-order valence-electron chi connectivity index (χ1n) is 8.31. The summed E-state index contributed by atoms with van der Waals surface area (Å²) in [5.74, 6) is 4.21. The SMILES string of the molecule is c1coc(Cn2c(SCc3nc(-c4cccs4)no3)nnc2C2CC2)c1. The third-order valence-corrected chi connectivity index (χ3v) is 5.93. The van der Waals surface area contributed by atoms with Crippen LogP contribution in [0.5, 0.6) is 0 Å². The van der Waals surface area contributed by atoms with Gasteiger partial charge in [0.25, 0.3) is 0 Å². The van der Waals surface area contributed by atoms with Crippen molar-refractivity contribution < 1.29 is 8.94 Å². The second kappa shape index (κ2) is 6.73. The maximum atomic E-state index is 5.50. The molecule has 7 nitrogen and oxygen atoms in total. The van der Waals surface area contributed by atoms with E-state index in [1.165, 1.54) is 12.8 Å². The summed E-state index contributed by atoms with van der Waals surface area (Å²) in [5.41, 5.74) is 0. The second-order valence-corrected chi connectivity index (χ2v) is 7.95. The van der Waals surface area contributed by atoms with Gasteiger partial charge in [-0.15, -0.1) is 21.5 Å². The number of thioether (sulfide) groups is 1. The van der Waals surface area contributed by atoms with Crippen molar-refractivity contribution in [3.63, 3.8) is 0 Å². The quantitative estimate of drug-likeness (QED) is 0.441. The molecule has 0 aromatic carbocycles. The molecule has 1 aliphatic carbocycles. The van der Waals surface area contributed by atoms with Crippen LogP contribution in [0.4, 0.5) is 0 Å². The second-order valence-electron chi connectivity index (χ2n) is 6.06. The Bertz CT molecular complexity index is 987. The Balaban J connectivity index is 1.34. The molecule has 0 amide bonds. The molecule has 0 bridgehead atoms. The van der Waals surface area contributed by atoms with Crippen molar-refractivity contribution in [3.8, 4) is 10.7 Å². The summed E-state index contributed by atoms with van der Waals surface area (Å²) >= 11 is 3.15. The van der Waals surface area contributed by atoms with Gasteiger partial charge in [0.2, 0.25) is 11.7 Å². The molecule has 26 heavy (non-hydrogen) atoms. The highest BCUT2D eigenvalue weighted by Crippen LogP contribution is 2.40. The molecule has 132 valence electrons. The van der Waals surface area contributed by atoms with Crippen LogP contribution in [0.3, 0.4) is 0 Å². The molecule has 1 aliphatic rings. The Morgan fingerprint density at radius 3 is 2.96 bits per heavy atom. The number of rotatable bonds is 7. The van der Waals surface area contributed by atoms with Crippen molar-refractivity contribution in [3.05, 3.63) is 53.4 Å². The smallest absolute Gasteiger partial charge is 0.237 e. The van der Waals surface area contributed by atoms with Gasteiger partial charge in [0, 0.05) is 5.92 Å². The lowest BCUT2D eigenvalue weighted by molar-refractivity contribution is 0.391. The molecule has 1 fully saturated rings. The van der Waals surface area contributed by atoms with Crippen LogP contribution < -0.4 is 0 Å². The number of furan rings is 1. The molecule has 0 atom stereocenters. The minimum Gasteiger partial charge on any atom is -0.467 e. The molecular weight excluding hydrogens is 370 g/mol. The van der Waals surface area contributed by atoms with Gasteiger partial charge in [0.15, 0.2) is 5.16 Å². The van der Waals surface area contributed by atoms with Crippen molar-refractivity contribution in [1.82, 2.24) is 24.9 Å². The maximum absolute atomic E-state index is 5.50. The normalized spacial score (nSPS) is 14.2. The summed E-state index contributed by atoms with van der Waals surface area (Å²) in [4.78, 5) is 5.47. The van der Waals surface area contributed by atoms with Gasteiger partial charge >= 0.3 is 0 Å². The number of hydrogen-bond donors (Lipinski definition) is 0. The first kappa shape index (κ1) is 15.8. The van der Waals surface area contributed by atoms with E-state index in [1.54, 1.807) is 29.4 Å². The van der Waals surface area contributed by atoms with E-state index in [4.69, 9.17) is 8.94 Å². The summed E-state index contributed by atoms with van der Waals surface area (Å²) in [6.45, 7) is 0.637. The monoisotopic (exact) mass is 385 g/mol. The highest BCUT2D eigenvalue weighted by atomic mass is 32.2. The average Bonchev–Trinajstić information content (AvgIpc) is 3.17. The summed E-state index contributed by atoms with van der Waals surface area (Å²) in [6.07, 6.45) is 4.04. The molecule has 0 spiro atoms. The summed E-state index contributed by atoms with van der Waals surface area (Å²) < 4.78 is 13.0. The van der Waals surface area contributed by atoms with Gasteiger partial charge < -0.3 is 8.94 Å². The Morgan fingerprint density at radius 2 is 2.19 bits per heavy atom. The van der Waals surface area contributed by atoms with Crippen LogP contribution in [-0.4, -0.2) is 24.9 Å². The van der Waals surface area contributed by atoms with E-state index in [9.17, 15) is 0 Å². The molecule has 0 aliphatic heterocycles. The third kappa shape index (κ3) is 3.19. The Labute approximate surface area is 157 Å². The van der Waals surface area contributed by atoms with Crippen molar-refractivity contribution in [2.24, 2.45) is 0 Å². The van der Waals surface area contributed by atoms with Crippen molar-refractivity contribution in [2.45, 2.75) is 36.2 Å². The number of aromatic nitrogens is 5. The average molecular weight is 385 g/mol. The van der Waals surface area contributed by atoms with Gasteiger partial charge in [-0.05, 0) is 36.4 Å². The van der Waals surface area contributed by atoms with E-state index in [0.29, 0.717) is 29.9 Å². The van der Waals surface area contributed by atoms with Gasteiger partial charge in [-0.3, -0.25) is 4.57 Å². The molecular formula is C17H15N5O2S2. The predicted molar refractivity (Wildman–Crippen MR) is 97.0 cm³/mol. The number of nitrogens with zero attached hydrogens (tertiary/aromatic N) is 5. The van der Waals surface area contributed by atoms with Crippen LogP contribution in [0.25, 0.3) is 10.7 Å². The highest BCUT2D eigenvalue weighted by Gasteiger charge is 2.30. The predicted octanol–water partition coefficient (Wildman–Crippen LogP) is 4.20. The molecule has 4 aromatic heterocycles. The van der Waals surface area contributed by atoms with E-state index in [1.807, 2.05) is 29.6 Å². The van der Waals surface area contributed by atoms with Gasteiger partial charge in [0.1, 0.15) is 11.6 Å². The zero-order valence-corrected chi connectivity index (χ0v) is 15.4. The third-order valence-electron chi connectivity index (χ3n) is 4.12. The summed E-state index contributed by atoms with van der Waals surface area (Å²) in [5, 5.41) is 15.7. The standard InChI is InChI=1S/C17H15N5O2S2/c1-3-12(23-7-1)9-22-16(11-5-6-11)19-20-17(22)26-10-14-18-15(21-24-14)13-4-2-8-25-13/h1-4,7-8,11H,5-6,9-10H2. The fourth-order valence-corrected chi connectivity index (χ4v) is 4.13. The lowest BCUT2D eigenvalue weighted by Gasteiger charge is -2.07. The zero-order chi connectivity index (χ0) is 17.3. The molecule has 4 aromatic rings. The van der Waals surface area contributed by atoms with Crippen LogP contribution in [0, 0.1) is 0 Å². The van der Waals surface area contributed by atoms with Crippen LogP contribution in [0.15, 0.2) is 50.0 Å². The number of hydrogen-bond acceptors (Lipinski definition) is 8. The van der Waals surface area contributed by atoms with Crippen molar-refractivity contribution >= 4 is 23.1 Å². The van der Waals surface area contributed by atoms with Gasteiger partial charge in [-0.2, -0.15) is 4.98 Å². The fourth-order valence-electron chi connectivity index (χ4n) is 2.70. The van der Waals surface area contributed by atoms with Crippen LogP contribution >= 0.6 is 23.1 Å². The Morgan fingerprint density at radius 1 is 1.23 bits per heavy atom. The molecule has 5 rings (SSSR count). The van der Waals surface area contributed by atoms with E-state index >= 15 is 0 Å². The Kier molecular flexibility index (Phi) is 4.10. The van der Waals surface area contributed by atoms with Crippen LogP contribution in [0.1, 0.15) is 36.2 Å². The highest BCUT2D eigenvalue weighted by molar-refractivity contribution is 7.98. The van der Waals surface area contributed by atoms with Crippen molar-refractivity contribution in [1.29, 1.82) is 0 Å². The van der Waals surface area contributed by atoms with Gasteiger partial charge in [-0.25, -0.2) is 0 Å². The zero-order valence-electron chi connectivity index (χ0n) is 13.7. The maximum Gasteiger partial charge on any atom is 0.237 e. The van der Waals surface area contributed by atoms with Crippen LogP contribution in [-0.2, 0) is 12.3 Å². The van der Waals surface area contributed by atoms with Gasteiger partial charge in [0.05, 0.1) is 23.4 Å². The lowest BCUT2D eigenvalue weighted by Crippen LogP contribution is -2.05. The fraction of sp³-hybridized carbons (Fsp3) is 0.294. The van der Waals surface area contributed by atoms with E-state index in [2.05, 4.69) is 24.9 Å². The van der Waals surface area contributed by atoms with Gasteiger partial charge in [-0.1, -0.05) is 23.0 Å². The lowest BCUT2D eigenvalue weighted by atomic mass is 10.3. The first-order chi connectivity index (χ1) is 12.9. The topological polar surface area (TPSA) is 82.8 Å². The van der Waals surface area contributed by atoms with Crippen LogP contribution in [0.2, 0.25) is 0 Å². The molecule has 0 radical (unpaired) electrons. The molecule has 0 saturated heterocycles. The molecule has 0 unspecified atom stereocenters. The summed E-state index contributed by atoms with van der Waals surface area (Å²) in [6, 6.07) is 7.82. The summed E-state index contributed by atoms with van der Waals surface area (Å²) in [7, 11) is 0. The number of thiophene rings is 1. The first-order valence-corrected chi connectivity index (χ1v) is 10.2. The van der Waals surface area contributed by atoms with E-state index in [0.717, 1.165) is 21.6 Å². The Hall–Kier alpha value is -2.39. The van der Waals surface area contributed by atoms with Crippen molar-refractivity contribution in [2.75, 3.05) is 0 Å². The van der Waals surface area contributed by atoms with E-state index in [-0.39, 0.29) is 0 Å². The van der Waals surface area contributed by atoms with E-state index < -0.39 is 0 Å². The molecule has 9 heteroatoms. The molecule has 1 saturated carbocycles. The molecule has 0 N–H and O–H groups in total.